The van der Waals surface area contributed by atoms with Crippen LogP contribution in [-0.4, -0.2) is 4.57 Å². The molecule has 0 aliphatic heterocycles. The van der Waals surface area contributed by atoms with Gasteiger partial charge in [-0.2, -0.15) is 10.5 Å². The van der Waals surface area contributed by atoms with Gasteiger partial charge in [-0.1, -0.05) is 46.9 Å². The van der Waals surface area contributed by atoms with E-state index in [4.69, 9.17) is 40.1 Å². The summed E-state index contributed by atoms with van der Waals surface area (Å²) in [6, 6.07) is 10.9. The quantitative estimate of drug-likeness (QED) is 0.819. The molecule has 0 spiro atoms. The minimum absolute atomic E-state index is 0.0121. The monoisotopic (exact) mass is 309 g/mol. The highest BCUT2D eigenvalue weighted by molar-refractivity contribution is 6.42. The molecule has 2 rings (SSSR count). The lowest BCUT2D eigenvalue weighted by molar-refractivity contribution is 0.849. The lowest BCUT2D eigenvalue weighted by Gasteiger charge is -2.07. The van der Waals surface area contributed by atoms with Gasteiger partial charge in [0.25, 0.3) is 0 Å². The van der Waals surface area contributed by atoms with Crippen LogP contribution in [0.25, 0.3) is 11.3 Å². The van der Waals surface area contributed by atoms with Gasteiger partial charge in [0.1, 0.15) is 17.8 Å². The van der Waals surface area contributed by atoms with Crippen LogP contribution in [0.4, 0.5) is 0 Å². The summed E-state index contributed by atoms with van der Waals surface area (Å²) in [5, 5.41) is 19.0. The van der Waals surface area contributed by atoms with Gasteiger partial charge < -0.3 is 4.57 Å². The maximum absolute atomic E-state index is 9.21. The Bertz CT molecular complexity index is 703. The van der Waals surface area contributed by atoms with Crippen molar-refractivity contribution in [1.82, 2.24) is 4.57 Å². The molecule has 0 aliphatic carbocycles. The van der Waals surface area contributed by atoms with Crippen LogP contribution in [-0.2, 0) is 6.54 Å². The summed E-state index contributed by atoms with van der Waals surface area (Å²) in [5.74, 6) is 0. The molecule has 0 fully saturated rings. The van der Waals surface area contributed by atoms with Crippen molar-refractivity contribution in [3.8, 4) is 23.4 Å². The molecule has 0 bridgehead atoms. The molecule has 0 aliphatic rings. The summed E-state index contributed by atoms with van der Waals surface area (Å²) < 4.78 is 1.51. The van der Waals surface area contributed by atoms with Crippen molar-refractivity contribution in [2.24, 2.45) is 0 Å². The SMILES string of the molecule is N#CCn1c(Cl)c(Cl)c(C#N)c1-c1ccc(Cl)cc1. The fraction of sp³-hybridized carbons (Fsp3) is 0.0769. The van der Waals surface area contributed by atoms with E-state index < -0.39 is 0 Å². The number of nitriles is 2. The third-order valence-corrected chi connectivity index (χ3v) is 3.71. The maximum Gasteiger partial charge on any atom is 0.130 e. The standard InChI is InChI=1S/C13H6Cl3N3/c14-9-3-1-8(2-4-9)12-10(7-18)11(15)13(16)19(12)6-5-17/h1-4H,6H2. The van der Waals surface area contributed by atoms with Crippen molar-refractivity contribution in [2.45, 2.75) is 6.54 Å². The first-order valence-electron chi connectivity index (χ1n) is 5.20. The Morgan fingerprint density at radius 1 is 1.05 bits per heavy atom. The molecule has 0 saturated heterocycles. The van der Waals surface area contributed by atoms with Crippen LogP contribution in [0.3, 0.4) is 0 Å². The zero-order valence-electron chi connectivity index (χ0n) is 9.49. The van der Waals surface area contributed by atoms with E-state index in [1.54, 1.807) is 24.3 Å². The lowest BCUT2D eigenvalue weighted by atomic mass is 10.1. The maximum atomic E-state index is 9.21. The molecule has 0 atom stereocenters. The number of hydrogen-bond acceptors (Lipinski definition) is 2. The van der Waals surface area contributed by atoms with Gasteiger partial charge in [0.2, 0.25) is 0 Å². The summed E-state index contributed by atoms with van der Waals surface area (Å²) in [7, 11) is 0. The Hall–Kier alpha value is -1.65. The Balaban J connectivity index is 2.74. The normalized spacial score (nSPS) is 9.95. The van der Waals surface area contributed by atoms with Crippen LogP contribution in [0.1, 0.15) is 5.56 Å². The van der Waals surface area contributed by atoms with Gasteiger partial charge in [-0.3, -0.25) is 0 Å². The molecule has 3 nitrogen and oxygen atoms in total. The second-order valence-electron chi connectivity index (χ2n) is 3.69. The molecule has 1 heterocycles. The summed E-state index contributed by atoms with van der Waals surface area (Å²) in [5.41, 5.74) is 1.50. The first-order valence-corrected chi connectivity index (χ1v) is 6.34. The van der Waals surface area contributed by atoms with E-state index in [2.05, 4.69) is 0 Å². The number of halogens is 3. The van der Waals surface area contributed by atoms with Crippen LogP contribution in [0.2, 0.25) is 15.2 Å². The average Bonchev–Trinajstić information content (AvgIpc) is 2.64. The van der Waals surface area contributed by atoms with Gasteiger partial charge in [0, 0.05) is 5.02 Å². The van der Waals surface area contributed by atoms with Crippen LogP contribution in [0, 0.1) is 22.7 Å². The fourth-order valence-electron chi connectivity index (χ4n) is 1.79. The van der Waals surface area contributed by atoms with Gasteiger partial charge in [-0.25, -0.2) is 0 Å². The Morgan fingerprint density at radius 2 is 1.68 bits per heavy atom. The summed E-state index contributed by atoms with van der Waals surface area (Å²) in [6.07, 6.45) is 0. The molecule has 19 heavy (non-hydrogen) atoms. The predicted molar refractivity (Wildman–Crippen MR) is 75.2 cm³/mol. The predicted octanol–water partition coefficient (Wildman–Crippen LogP) is 4.51. The van der Waals surface area contributed by atoms with Crippen molar-refractivity contribution in [2.75, 3.05) is 0 Å². The Morgan fingerprint density at radius 3 is 2.21 bits per heavy atom. The third-order valence-electron chi connectivity index (χ3n) is 2.60. The Labute approximate surface area is 125 Å². The zero-order chi connectivity index (χ0) is 14.0. The summed E-state index contributed by atoms with van der Waals surface area (Å²) in [4.78, 5) is 0. The highest BCUT2D eigenvalue weighted by atomic mass is 35.5. The second kappa shape index (κ2) is 5.55. The smallest absolute Gasteiger partial charge is 0.130 e. The molecular weight excluding hydrogens is 305 g/mol. The number of benzene rings is 1. The molecule has 0 saturated carbocycles. The van der Waals surface area contributed by atoms with Gasteiger partial charge in [-0.05, 0) is 17.7 Å². The molecule has 0 unspecified atom stereocenters. The van der Waals surface area contributed by atoms with Crippen LogP contribution < -0.4 is 0 Å². The lowest BCUT2D eigenvalue weighted by Crippen LogP contribution is -1.99. The fourth-order valence-corrected chi connectivity index (χ4v) is 2.39. The minimum Gasteiger partial charge on any atom is -0.315 e. The van der Waals surface area contributed by atoms with Gasteiger partial charge in [-0.15, -0.1) is 0 Å². The zero-order valence-corrected chi connectivity index (χ0v) is 11.8. The van der Waals surface area contributed by atoms with Gasteiger partial charge in [0.15, 0.2) is 0 Å². The molecule has 94 valence electrons. The first-order chi connectivity index (χ1) is 9.10. The van der Waals surface area contributed by atoms with E-state index in [0.29, 0.717) is 10.7 Å². The average molecular weight is 311 g/mol. The van der Waals surface area contributed by atoms with Crippen LogP contribution in [0.15, 0.2) is 24.3 Å². The van der Waals surface area contributed by atoms with E-state index in [1.165, 1.54) is 4.57 Å². The molecule has 0 radical (unpaired) electrons. The van der Waals surface area contributed by atoms with Gasteiger partial charge in [0.05, 0.1) is 22.3 Å². The van der Waals surface area contributed by atoms with E-state index in [-0.39, 0.29) is 22.3 Å². The van der Waals surface area contributed by atoms with Gasteiger partial charge >= 0.3 is 0 Å². The van der Waals surface area contributed by atoms with E-state index in [0.717, 1.165) is 5.56 Å². The highest BCUT2D eigenvalue weighted by Crippen LogP contribution is 2.37. The largest absolute Gasteiger partial charge is 0.315 e. The minimum atomic E-state index is 0.0121. The summed E-state index contributed by atoms with van der Waals surface area (Å²) in [6.45, 7) is 0.0121. The highest BCUT2D eigenvalue weighted by Gasteiger charge is 2.21. The number of rotatable bonds is 2. The molecule has 1 aromatic carbocycles. The molecule has 0 amide bonds. The third kappa shape index (κ3) is 2.41. The van der Waals surface area contributed by atoms with Crippen LogP contribution >= 0.6 is 34.8 Å². The summed E-state index contributed by atoms with van der Waals surface area (Å²) >= 11 is 17.9. The van der Waals surface area contributed by atoms with Crippen LogP contribution in [0.5, 0.6) is 0 Å². The van der Waals surface area contributed by atoms with E-state index in [1.807, 2.05) is 12.1 Å². The molecule has 2 aromatic rings. The number of aromatic nitrogens is 1. The van der Waals surface area contributed by atoms with Crippen molar-refractivity contribution < 1.29 is 0 Å². The first kappa shape index (κ1) is 13.8. The number of hydrogen-bond donors (Lipinski definition) is 0. The van der Waals surface area contributed by atoms with E-state index >= 15 is 0 Å². The van der Waals surface area contributed by atoms with Crippen molar-refractivity contribution in [3.05, 3.63) is 45.0 Å². The topological polar surface area (TPSA) is 52.5 Å². The van der Waals surface area contributed by atoms with E-state index in [9.17, 15) is 5.26 Å². The number of nitrogens with zero attached hydrogens (tertiary/aromatic N) is 3. The van der Waals surface area contributed by atoms with Crippen molar-refractivity contribution in [1.29, 1.82) is 10.5 Å². The Kier molecular flexibility index (Phi) is 4.02. The molecule has 0 N–H and O–H groups in total. The van der Waals surface area contributed by atoms with Crippen molar-refractivity contribution >= 4 is 34.8 Å². The molecular formula is C13H6Cl3N3. The molecule has 6 heteroatoms. The van der Waals surface area contributed by atoms with Crippen molar-refractivity contribution in [3.63, 3.8) is 0 Å². The second-order valence-corrected chi connectivity index (χ2v) is 4.86. The molecule has 1 aromatic heterocycles.